The van der Waals surface area contributed by atoms with E-state index in [1.54, 1.807) is 0 Å². The summed E-state index contributed by atoms with van der Waals surface area (Å²) in [6, 6.07) is 5.39. The van der Waals surface area contributed by atoms with E-state index in [-0.39, 0.29) is 26.9 Å². The maximum absolute atomic E-state index is 12.3. The number of hydrogen-bond donors (Lipinski definition) is 1. The van der Waals surface area contributed by atoms with Gasteiger partial charge in [0, 0.05) is 6.20 Å². The molecule has 1 aromatic carbocycles. The van der Waals surface area contributed by atoms with Crippen LogP contribution in [0.1, 0.15) is 15.9 Å². The highest BCUT2D eigenvalue weighted by Crippen LogP contribution is 2.25. The predicted molar refractivity (Wildman–Crippen MR) is 87.6 cm³/mol. The van der Waals surface area contributed by atoms with E-state index in [2.05, 4.69) is 14.4 Å². The SMILES string of the molecule is COC(=O)c1cnc(NS(=O)(=O)c2ccc(CC(F)(F)F)cc2)c(Cl)c1. The molecule has 6 nitrogen and oxygen atoms in total. The number of sulfonamides is 1. The number of hydrogen-bond acceptors (Lipinski definition) is 5. The third-order valence-electron chi connectivity index (χ3n) is 3.13. The Balaban J connectivity index is 2.22. The zero-order valence-electron chi connectivity index (χ0n) is 13.2. The average Bonchev–Trinajstić information content (AvgIpc) is 2.55. The number of esters is 1. The van der Waals surface area contributed by atoms with Gasteiger partial charge in [0.1, 0.15) is 0 Å². The van der Waals surface area contributed by atoms with Gasteiger partial charge in [0.25, 0.3) is 10.0 Å². The van der Waals surface area contributed by atoms with Crippen LogP contribution in [0.2, 0.25) is 5.02 Å². The summed E-state index contributed by atoms with van der Waals surface area (Å²) in [6.45, 7) is 0. The molecule has 1 heterocycles. The monoisotopic (exact) mass is 408 g/mol. The van der Waals surface area contributed by atoms with Gasteiger partial charge in [-0.3, -0.25) is 4.72 Å². The van der Waals surface area contributed by atoms with Crippen molar-refractivity contribution in [2.24, 2.45) is 0 Å². The summed E-state index contributed by atoms with van der Waals surface area (Å²) < 4.78 is 68.2. The molecule has 0 spiro atoms. The Kier molecular flexibility index (Phi) is 5.77. The maximum atomic E-state index is 12.3. The number of aromatic nitrogens is 1. The topological polar surface area (TPSA) is 85.4 Å². The van der Waals surface area contributed by atoms with Crippen LogP contribution in [0.15, 0.2) is 41.4 Å². The summed E-state index contributed by atoms with van der Waals surface area (Å²) in [6.07, 6.45) is -4.48. The molecule has 0 amide bonds. The Labute approximate surface area is 152 Å². The summed E-state index contributed by atoms with van der Waals surface area (Å²) in [7, 11) is -2.97. The van der Waals surface area contributed by atoms with Gasteiger partial charge >= 0.3 is 12.1 Å². The minimum absolute atomic E-state index is 0.0250. The number of carbonyl (C=O) groups is 1. The van der Waals surface area contributed by atoms with Crippen LogP contribution in [-0.2, 0) is 21.2 Å². The van der Waals surface area contributed by atoms with Crippen molar-refractivity contribution in [3.63, 3.8) is 0 Å². The molecule has 1 aromatic heterocycles. The van der Waals surface area contributed by atoms with Crippen LogP contribution in [0.5, 0.6) is 0 Å². The zero-order chi connectivity index (χ0) is 19.5. The van der Waals surface area contributed by atoms with E-state index in [4.69, 9.17) is 11.6 Å². The number of carbonyl (C=O) groups excluding carboxylic acids is 1. The molecule has 1 N–H and O–H groups in total. The first-order chi connectivity index (χ1) is 12.0. The van der Waals surface area contributed by atoms with Gasteiger partial charge in [0.05, 0.1) is 29.0 Å². The predicted octanol–water partition coefficient (Wildman–Crippen LogP) is 3.43. The summed E-state index contributed by atoms with van der Waals surface area (Å²) in [4.78, 5) is 14.9. The molecular weight excluding hydrogens is 397 g/mol. The quantitative estimate of drug-likeness (QED) is 0.766. The fourth-order valence-electron chi connectivity index (χ4n) is 1.95. The van der Waals surface area contributed by atoms with E-state index in [0.29, 0.717) is 0 Å². The summed E-state index contributed by atoms with van der Waals surface area (Å²) >= 11 is 5.90. The number of halogens is 4. The molecule has 0 saturated carbocycles. The summed E-state index contributed by atoms with van der Waals surface area (Å²) in [5, 5.41) is -0.148. The first-order valence-electron chi connectivity index (χ1n) is 6.94. The molecule has 0 saturated heterocycles. The second-order valence-electron chi connectivity index (χ2n) is 5.09. The minimum atomic E-state index is -4.39. The maximum Gasteiger partial charge on any atom is 0.393 e. The number of ether oxygens (including phenoxy) is 1. The van der Waals surface area contributed by atoms with Crippen LogP contribution >= 0.6 is 11.6 Å². The molecule has 0 radical (unpaired) electrons. The highest BCUT2D eigenvalue weighted by molar-refractivity contribution is 7.92. The number of anilines is 1. The lowest BCUT2D eigenvalue weighted by molar-refractivity contribution is -0.127. The number of alkyl halides is 3. The Morgan fingerprint density at radius 2 is 1.88 bits per heavy atom. The zero-order valence-corrected chi connectivity index (χ0v) is 14.7. The largest absolute Gasteiger partial charge is 0.465 e. The molecule has 140 valence electrons. The van der Waals surface area contributed by atoms with Crippen molar-refractivity contribution in [2.45, 2.75) is 17.5 Å². The number of nitrogens with one attached hydrogen (secondary N) is 1. The van der Waals surface area contributed by atoms with Crippen molar-refractivity contribution >= 4 is 33.4 Å². The molecular formula is C15H12ClF3N2O4S. The van der Waals surface area contributed by atoms with Gasteiger partial charge in [0.2, 0.25) is 0 Å². The molecule has 0 atom stereocenters. The van der Waals surface area contributed by atoms with Crippen molar-refractivity contribution in [3.8, 4) is 0 Å². The highest BCUT2D eigenvalue weighted by Gasteiger charge is 2.27. The third kappa shape index (κ3) is 5.09. The lowest BCUT2D eigenvalue weighted by Gasteiger charge is -2.11. The standard InChI is InChI=1S/C15H12ClF3N2O4S/c1-25-14(22)10-6-12(16)13(20-8-10)21-26(23,24)11-4-2-9(3-5-11)7-15(17,18)19/h2-6,8H,7H2,1H3,(H,20,21). The normalized spacial score (nSPS) is 11.9. The smallest absolute Gasteiger partial charge is 0.393 e. The van der Waals surface area contributed by atoms with Crippen LogP contribution in [0, 0.1) is 0 Å². The first kappa shape index (κ1) is 20.0. The molecule has 0 bridgehead atoms. The number of rotatable bonds is 5. The highest BCUT2D eigenvalue weighted by atomic mass is 35.5. The second-order valence-corrected chi connectivity index (χ2v) is 7.18. The van der Waals surface area contributed by atoms with Crippen molar-refractivity contribution in [2.75, 3.05) is 11.8 Å². The van der Waals surface area contributed by atoms with Crippen LogP contribution < -0.4 is 4.72 Å². The number of pyridine rings is 1. The van der Waals surface area contributed by atoms with Gasteiger partial charge in [-0.1, -0.05) is 23.7 Å². The van der Waals surface area contributed by atoms with Gasteiger partial charge in [-0.25, -0.2) is 18.2 Å². The molecule has 0 fully saturated rings. The number of benzene rings is 1. The number of nitrogens with zero attached hydrogens (tertiary/aromatic N) is 1. The van der Waals surface area contributed by atoms with Gasteiger partial charge in [-0.15, -0.1) is 0 Å². The summed E-state index contributed by atoms with van der Waals surface area (Å²) in [5.41, 5.74) is -0.0491. The van der Waals surface area contributed by atoms with E-state index < -0.39 is 28.6 Å². The van der Waals surface area contributed by atoms with E-state index in [1.807, 2.05) is 0 Å². The van der Waals surface area contributed by atoms with E-state index >= 15 is 0 Å². The minimum Gasteiger partial charge on any atom is -0.465 e. The van der Waals surface area contributed by atoms with E-state index in [0.717, 1.165) is 37.6 Å². The first-order valence-corrected chi connectivity index (χ1v) is 8.80. The van der Waals surface area contributed by atoms with E-state index in [1.165, 1.54) is 6.07 Å². The number of methoxy groups -OCH3 is 1. The van der Waals surface area contributed by atoms with Crippen LogP contribution in [0.3, 0.4) is 0 Å². The average molecular weight is 409 g/mol. The van der Waals surface area contributed by atoms with Gasteiger partial charge in [-0.2, -0.15) is 13.2 Å². The Morgan fingerprint density at radius 3 is 2.38 bits per heavy atom. The molecule has 0 aliphatic heterocycles. The Morgan fingerprint density at radius 1 is 1.27 bits per heavy atom. The van der Waals surface area contributed by atoms with Crippen LogP contribution in [0.25, 0.3) is 0 Å². The van der Waals surface area contributed by atoms with Crippen molar-refractivity contribution in [3.05, 3.63) is 52.7 Å². The fraction of sp³-hybridized carbons (Fsp3) is 0.200. The lowest BCUT2D eigenvalue weighted by atomic mass is 10.1. The van der Waals surface area contributed by atoms with Crippen molar-refractivity contribution in [1.29, 1.82) is 0 Å². The van der Waals surface area contributed by atoms with Crippen LogP contribution in [-0.4, -0.2) is 32.7 Å². The molecule has 0 unspecified atom stereocenters. The molecule has 26 heavy (non-hydrogen) atoms. The van der Waals surface area contributed by atoms with Gasteiger partial charge in [0.15, 0.2) is 5.82 Å². The third-order valence-corrected chi connectivity index (χ3v) is 4.77. The van der Waals surface area contributed by atoms with Crippen LogP contribution in [0.4, 0.5) is 19.0 Å². The second kappa shape index (κ2) is 7.50. The van der Waals surface area contributed by atoms with Crippen molar-refractivity contribution in [1.82, 2.24) is 4.98 Å². The molecule has 0 aliphatic carbocycles. The van der Waals surface area contributed by atoms with Crippen molar-refractivity contribution < 1.29 is 31.1 Å². The van der Waals surface area contributed by atoms with E-state index in [9.17, 15) is 26.4 Å². The van der Waals surface area contributed by atoms with Gasteiger partial charge in [-0.05, 0) is 23.8 Å². The molecule has 2 aromatic rings. The van der Waals surface area contributed by atoms with Gasteiger partial charge < -0.3 is 4.74 Å². The Hall–Kier alpha value is -2.33. The Bertz CT molecular complexity index is 915. The molecule has 11 heteroatoms. The lowest BCUT2D eigenvalue weighted by Crippen LogP contribution is -2.15. The fourth-order valence-corrected chi connectivity index (χ4v) is 3.25. The molecule has 2 rings (SSSR count). The summed E-state index contributed by atoms with van der Waals surface area (Å²) in [5.74, 6) is -0.937. The molecule has 0 aliphatic rings.